The number of thioether (sulfide) groups is 1. The maximum absolute atomic E-state index is 13.5. The van der Waals surface area contributed by atoms with E-state index in [1.807, 2.05) is 18.5 Å². The molecule has 1 unspecified atom stereocenters. The van der Waals surface area contributed by atoms with Crippen LogP contribution in [0.25, 0.3) is 17.2 Å². The van der Waals surface area contributed by atoms with Crippen LogP contribution in [0.4, 0.5) is 8.78 Å². The number of unbranched alkanes of at least 4 members (excludes halogenated alkanes) is 2. The number of rotatable bonds is 9. The molecule has 2 aliphatic heterocycles. The molecule has 1 aromatic carbocycles. The lowest BCUT2D eigenvalue weighted by Crippen LogP contribution is -2.29. The standard InChI is InChI=1S/C25H26F2N2O3S3/c1-28-10-8-18(14-28)32-23(30)5-3-2-4-9-29-24(31)22(35-25(29)33)13-19-11-17(15-34-19)16-6-7-20(26)21(27)12-16/h6-7,11-13,15,18H,2-5,8-10,14H2,1H3/b22-13-. The van der Waals surface area contributed by atoms with Crippen LogP contribution in [0.3, 0.4) is 0 Å². The fraction of sp³-hybridized carbons (Fsp3) is 0.400. The van der Waals surface area contributed by atoms with E-state index >= 15 is 0 Å². The monoisotopic (exact) mass is 536 g/mol. The number of thiophene rings is 1. The van der Waals surface area contributed by atoms with Gasteiger partial charge < -0.3 is 9.64 Å². The van der Waals surface area contributed by atoms with E-state index in [9.17, 15) is 18.4 Å². The summed E-state index contributed by atoms with van der Waals surface area (Å²) >= 11 is 8.08. The number of likely N-dealkylation sites (N-methyl/N-ethyl adjacent to an activating group) is 1. The first-order chi connectivity index (χ1) is 16.8. The molecule has 1 aromatic heterocycles. The van der Waals surface area contributed by atoms with Crippen LogP contribution in [0, 0.1) is 11.6 Å². The maximum Gasteiger partial charge on any atom is 0.306 e. The highest BCUT2D eigenvalue weighted by Crippen LogP contribution is 2.35. The third-order valence-corrected chi connectivity index (χ3v) is 8.19. The molecule has 0 bridgehead atoms. The predicted octanol–water partition coefficient (Wildman–Crippen LogP) is 5.70. The Morgan fingerprint density at radius 2 is 2.03 bits per heavy atom. The van der Waals surface area contributed by atoms with Crippen LogP contribution < -0.4 is 0 Å². The summed E-state index contributed by atoms with van der Waals surface area (Å²) in [6.45, 7) is 2.26. The van der Waals surface area contributed by atoms with Gasteiger partial charge in [-0.05, 0) is 67.1 Å². The number of carbonyl (C=O) groups is 2. The van der Waals surface area contributed by atoms with Crippen LogP contribution >= 0.6 is 35.3 Å². The summed E-state index contributed by atoms with van der Waals surface area (Å²) in [5.41, 5.74) is 1.33. The lowest BCUT2D eigenvalue weighted by atomic mass is 10.1. The first-order valence-electron chi connectivity index (χ1n) is 11.5. The number of ether oxygens (including phenoxy) is 1. The molecule has 2 saturated heterocycles. The Labute approximate surface area is 217 Å². The van der Waals surface area contributed by atoms with E-state index in [0.717, 1.165) is 54.9 Å². The van der Waals surface area contributed by atoms with Gasteiger partial charge in [0.15, 0.2) is 11.6 Å². The second-order valence-corrected chi connectivity index (χ2v) is 11.3. The number of esters is 1. The molecule has 1 atom stereocenters. The van der Waals surface area contributed by atoms with Crippen LogP contribution in [0.15, 0.2) is 34.6 Å². The Kier molecular flexibility index (Phi) is 8.69. The van der Waals surface area contributed by atoms with Gasteiger partial charge in [-0.2, -0.15) is 0 Å². The summed E-state index contributed by atoms with van der Waals surface area (Å²) in [6.07, 6.45) is 5.33. The SMILES string of the molecule is CN1CCC(OC(=O)CCCCCN2C(=O)/C(=C/c3cc(-c4ccc(F)c(F)c4)cs3)SC2=S)C1. The van der Waals surface area contributed by atoms with Crippen molar-refractivity contribution in [1.82, 2.24) is 9.80 Å². The van der Waals surface area contributed by atoms with Gasteiger partial charge in [-0.3, -0.25) is 14.5 Å². The van der Waals surface area contributed by atoms with Gasteiger partial charge in [0.05, 0.1) is 4.91 Å². The van der Waals surface area contributed by atoms with Crippen molar-refractivity contribution in [3.05, 3.63) is 51.1 Å². The number of halogens is 2. The Bertz CT molecular complexity index is 1150. The highest BCUT2D eigenvalue weighted by molar-refractivity contribution is 8.26. The van der Waals surface area contributed by atoms with E-state index in [0.29, 0.717) is 34.2 Å². The van der Waals surface area contributed by atoms with Crippen molar-refractivity contribution in [2.24, 2.45) is 0 Å². The van der Waals surface area contributed by atoms with Gasteiger partial charge in [-0.1, -0.05) is 36.5 Å². The minimum absolute atomic E-state index is 0.00519. The summed E-state index contributed by atoms with van der Waals surface area (Å²) in [6, 6.07) is 5.63. The second kappa shape index (κ2) is 11.7. The molecule has 0 N–H and O–H groups in total. The third kappa shape index (κ3) is 6.75. The molecule has 0 saturated carbocycles. The lowest BCUT2D eigenvalue weighted by molar-refractivity contribution is -0.148. The van der Waals surface area contributed by atoms with Gasteiger partial charge in [0.1, 0.15) is 10.4 Å². The van der Waals surface area contributed by atoms with Gasteiger partial charge >= 0.3 is 5.97 Å². The molecular weight excluding hydrogens is 510 g/mol. The number of likely N-dealkylation sites (tertiary alicyclic amines) is 1. The highest BCUT2D eigenvalue weighted by atomic mass is 32.2. The first kappa shape index (κ1) is 25.9. The van der Waals surface area contributed by atoms with Gasteiger partial charge in [0.2, 0.25) is 0 Å². The Hall–Kier alpha value is -2.14. The maximum atomic E-state index is 13.5. The molecule has 0 aliphatic carbocycles. The van der Waals surface area contributed by atoms with Gasteiger partial charge in [-0.25, -0.2) is 8.78 Å². The normalized spacial score (nSPS) is 19.8. The van der Waals surface area contributed by atoms with Gasteiger partial charge in [0, 0.05) is 30.9 Å². The molecule has 35 heavy (non-hydrogen) atoms. The molecule has 0 spiro atoms. The van der Waals surface area contributed by atoms with Crippen molar-refractivity contribution < 1.29 is 23.1 Å². The molecule has 4 rings (SSSR count). The number of carbonyl (C=O) groups excluding carboxylic acids is 2. The fourth-order valence-electron chi connectivity index (χ4n) is 4.03. The number of thiocarbonyl (C=S) groups is 1. The van der Waals surface area contributed by atoms with Crippen molar-refractivity contribution in [3.8, 4) is 11.1 Å². The zero-order valence-corrected chi connectivity index (χ0v) is 21.7. The lowest BCUT2D eigenvalue weighted by Gasteiger charge is -2.14. The van der Waals surface area contributed by atoms with Crippen LogP contribution in [-0.4, -0.2) is 58.8 Å². The summed E-state index contributed by atoms with van der Waals surface area (Å²) in [4.78, 5) is 30.0. The van der Waals surface area contributed by atoms with Gasteiger partial charge in [-0.15, -0.1) is 11.3 Å². The highest BCUT2D eigenvalue weighted by Gasteiger charge is 2.31. The molecule has 5 nitrogen and oxygen atoms in total. The van der Waals surface area contributed by atoms with Crippen LogP contribution in [0.1, 0.15) is 37.0 Å². The van der Waals surface area contributed by atoms with Crippen molar-refractivity contribution in [2.75, 3.05) is 26.7 Å². The van der Waals surface area contributed by atoms with E-state index in [-0.39, 0.29) is 18.0 Å². The largest absolute Gasteiger partial charge is 0.461 e. The topological polar surface area (TPSA) is 49.9 Å². The molecule has 10 heteroatoms. The Morgan fingerprint density at radius 1 is 1.20 bits per heavy atom. The zero-order valence-electron chi connectivity index (χ0n) is 19.3. The van der Waals surface area contributed by atoms with Crippen LogP contribution in [-0.2, 0) is 14.3 Å². The van der Waals surface area contributed by atoms with Crippen molar-refractivity contribution in [3.63, 3.8) is 0 Å². The van der Waals surface area contributed by atoms with Crippen molar-refractivity contribution in [1.29, 1.82) is 0 Å². The quantitative estimate of drug-likeness (QED) is 0.177. The number of benzene rings is 1. The van der Waals surface area contributed by atoms with E-state index in [1.165, 1.54) is 29.2 Å². The third-order valence-electron chi connectivity index (χ3n) is 5.93. The average molecular weight is 537 g/mol. The molecule has 3 heterocycles. The molecule has 0 radical (unpaired) electrons. The zero-order chi connectivity index (χ0) is 24.9. The number of hydrogen-bond acceptors (Lipinski definition) is 7. The van der Waals surface area contributed by atoms with E-state index in [2.05, 4.69) is 4.90 Å². The molecule has 2 aliphatic rings. The summed E-state index contributed by atoms with van der Waals surface area (Å²) in [7, 11) is 2.02. The van der Waals surface area contributed by atoms with E-state index in [4.69, 9.17) is 17.0 Å². The van der Waals surface area contributed by atoms with Crippen molar-refractivity contribution in [2.45, 2.75) is 38.2 Å². The molecule has 1 amide bonds. The predicted molar refractivity (Wildman–Crippen MR) is 140 cm³/mol. The Morgan fingerprint density at radius 3 is 2.77 bits per heavy atom. The van der Waals surface area contributed by atoms with E-state index < -0.39 is 11.6 Å². The number of hydrogen-bond donors (Lipinski definition) is 0. The second-order valence-electron chi connectivity index (χ2n) is 8.67. The minimum Gasteiger partial charge on any atom is -0.461 e. The molecular formula is C25H26F2N2O3S3. The minimum atomic E-state index is -0.894. The average Bonchev–Trinajstić information content (AvgIpc) is 3.51. The van der Waals surface area contributed by atoms with Gasteiger partial charge in [0.25, 0.3) is 5.91 Å². The van der Waals surface area contributed by atoms with E-state index in [1.54, 1.807) is 11.0 Å². The fourth-order valence-corrected chi connectivity index (χ4v) is 6.25. The summed E-state index contributed by atoms with van der Waals surface area (Å²) in [5, 5.41) is 1.84. The summed E-state index contributed by atoms with van der Waals surface area (Å²) < 4.78 is 32.8. The Balaban J connectivity index is 1.24. The number of nitrogens with zero attached hydrogens (tertiary/aromatic N) is 2. The molecule has 186 valence electrons. The molecule has 2 fully saturated rings. The first-order valence-corrected chi connectivity index (χ1v) is 13.6. The number of amides is 1. The van der Waals surface area contributed by atoms with Crippen LogP contribution in [0.2, 0.25) is 0 Å². The van der Waals surface area contributed by atoms with Crippen LogP contribution in [0.5, 0.6) is 0 Å². The smallest absolute Gasteiger partial charge is 0.306 e. The van der Waals surface area contributed by atoms with Crippen molar-refractivity contribution >= 4 is 57.6 Å². The molecule has 2 aromatic rings. The summed E-state index contributed by atoms with van der Waals surface area (Å²) in [5.74, 6) is -2.07.